The van der Waals surface area contributed by atoms with Crippen LogP contribution in [0.4, 0.5) is 13.2 Å². The SMILES string of the molecule is N#Cc1cc(OCC=C(Cl)Cl)nc(-c2ccc(C(F)(F)F)s2)c1O. The van der Waals surface area contributed by atoms with Gasteiger partial charge in [-0.1, -0.05) is 23.2 Å². The van der Waals surface area contributed by atoms with Crippen LogP contribution in [0.1, 0.15) is 10.4 Å². The lowest BCUT2D eigenvalue weighted by molar-refractivity contribution is -0.134. The zero-order valence-corrected chi connectivity index (χ0v) is 13.9. The van der Waals surface area contributed by atoms with E-state index in [0.29, 0.717) is 11.3 Å². The third-order valence-electron chi connectivity index (χ3n) is 2.68. The second-order valence-electron chi connectivity index (χ2n) is 4.28. The Balaban J connectivity index is 2.43. The number of rotatable bonds is 4. The van der Waals surface area contributed by atoms with Crippen LogP contribution in [0.25, 0.3) is 10.6 Å². The molecule has 0 saturated heterocycles. The van der Waals surface area contributed by atoms with Gasteiger partial charge >= 0.3 is 6.18 Å². The molecular weight excluding hydrogens is 388 g/mol. The van der Waals surface area contributed by atoms with E-state index in [1.165, 1.54) is 6.08 Å². The van der Waals surface area contributed by atoms with Crippen molar-refractivity contribution in [1.82, 2.24) is 4.98 Å². The monoisotopic (exact) mass is 394 g/mol. The fourth-order valence-corrected chi connectivity index (χ4v) is 2.64. The van der Waals surface area contributed by atoms with Gasteiger partial charge in [0.2, 0.25) is 5.88 Å². The quantitative estimate of drug-likeness (QED) is 0.782. The van der Waals surface area contributed by atoms with Gasteiger partial charge in [0, 0.05) is 6.07 Å². The van der Waals surface area contributed by atoms with E-state index < -0.39 is 16.8 Å². The van der Waals surface area contributed by atoms with Crippen LogP contribution in [0.15, 0.2) is 28.8 Å². The Kier molecular flexibility index (Phi) is 5.59. The maximum absolute atomic E-state index is 12.7. The normalized spacial score (nSPS) is 11.0. The Labute approximate surface area is 148 Å². The number of halogens is 5. The van der Waals surface area contributed by atoms with Crippen LogP contribution in [0.3, 0.4) is 0 Å². The molecule has 0 fully saturated rings. The molecule has 1 N–H and O–H groups in total. The van der Waals surface area contributed by atoms with Crippen molar-refractivity contribution >= 4 is 34.5 Å². The summed E-state index contributed by atoms with van der Waals surface area (Å²) in [5.74, 6) is -0.585. The molecule has 0 bridgehead atoms. The van der Waals surface area contributed by atoms with Crippen molar-refractivity contribution in [2.24, 2.45) is 0 Å². The average Bonchev–Trinajstić information content (AvgIpc) is 2.98. The van der Waals surface area contributed by atoms with E-state index in [1.807, 2.05) is 0 Å². The number of nitriles is 1. The molecule has 0 amide bonds. The minimum absolute atomic E-state index is 0.0393. The number of hydrogen-bond acceptors (Lipinski definition) is 5. The highest BCUT2D eigenvalue weighted by molar-refractivity contribution is 7.15. The van der Waals surface area contributed by atoms with Gasteiger partial charge < -0.3 is 9.84 Å². The Morgan fingerprint density at radius 3 is 2.67 bits per heavy atom. The van der Waals surface area contributed by atoms with E-state index in [-0.39, 0.29) is 33.1 Å². The molecule has 2 rings (SSSR count). The lowest BCUT2D eigenvalue weighted by Gasteiger charge is -2.08. The first-order valence-electron chi connectivity index (χ1n) is 6.18. The molecule has 2 heterocycles. The summed E-state index contributed by atoms with van der Waals surface area (Å²) < 4.78 is 43.3. The highest BCUT2D eigenvalue weighted by atomic mass is 35.5. The minimum atomic E-state index is -4.51. The summed E-state index contributed by atoms with van der Waals surface area (Å²) >= 11 is 11.3. The standard InChI is InChI=1S/C14H7Cl2F3N2O2S/c15-10(16)3-4-23-11-5-7(6-20)13(22)12(21-11)8-1-2-9(24-8)14(17,18)19/h1-3,5,22H,4H2. The summed E-state index contributed by atoms with van der Waals surface area (Å²) in [6.45, 7) is -0.0668. The van der Waals surface area contributed by atoms with Crippen LogP contribution in [0, 0.1) is 11.3 Å². The Morgan fingerprint density at radius 2 is 2.12 bits per heavy atom. The van der Waals surface area contributed by atoms with Crippen LogP contribution in [0.5, 0.6) is 11.6 Å². The van der Waals surface area contributed by atoms with Crippen LogP contribution in [-0.4, -0.2) is 16.7 Å². The third kappa shape index (κ3) is 4.32. The van der Waals surface area contributed by atoms with Crippen molar-refractivity contribution in [3.8, 4) is 28.3 Å². The molecule has 0 aliphatic rings. The highest BCUT2D eigenvalue weighted by Crippen LogP contribution is 2.41. The Bertz CT molecular complexity index is 824. The number of hydrogen-bond donors (Lipinski definition) is 1. The summed E-state index contributed by atoms with van der Waals surface area (Å²) in [5.41, 5.74) is -0.358. The number of alkyl halides is 3. The summed E-state index contributed by atoms with van der Waals surface area (Å²) in [7, 11) is 0. The molecule has 0 spiro atoms. The summed E-state index contributed by atoms with van der Waals surface area (Å²) in [6.07, 6.45) is -3.19. The number of aromatic hydroxyl groups is 1. The first-order valence-corrected chi connectivity index (χ1v) is 7.75. The van der Waals surface area contributed by atoms with Gasteiger partial charge in [0.15, 0.2) is 5.75 Å². The van der Waals surface area contributed by atoms with Gasteiger partial charge in [-0.25, -0.2) is 4.98 Å². The maximum Gasteiger partial charge on any atom is 0.425 e. The minimum Gasteiger partial charge on any atom is -0.504 e. The molecular formula is C14H7Cl2F3N2O2S. The first-order chi connectivity index (χ1) is 11.2. The molecule has 0 atom stereocenters. The lowest BCUT2D eigenvalue weighted by atomic mass is 10.2. The zero-order chi connectivity index (χ0) is 17.9. The van der Waals surface area contributed by atoms with Gasteiger partial charge in [-0.2, -0.15) is 18.4 Å². The van der Waals surface area contributed by atoms with Crippen molar-refractivity contribution in [3.63, 3.8) is 0 Å². The molecule has 4 nitrogen and oxygen atoms in total. The van der Waals surface area contributed by atoms with Crippen LogP contribution >= 0.6 is 34.5 Å². The second kappa shape index (κ2) is 7.30. The predicted molar refractivity (Wildman–Crippen MR) is 84.2 cm³/mol. The maximum atomic E-state index is 12.7. The molecule has 0 radical (unpaired) electrons. The number of pyridine rings is 1. The molecule has 0 aromatic carbocycles. The molecule has 10 heteroatoms. The number of aromatic nitrogens is 1. The molecule has 0 aliphatic carbocycles. The third-order valence-corrected chi connectivity index (χ3v) is 4.12. The van der Waals surface area contributed by atoms with Gasteiger partial charge in [-0.05, 0) is 18.2 Å². The molecule has 2 aromatic rings. The molecule has 0 saturated carbocycles. The fraction of sp³-hybridized carbons (Fsp3) is 0.143. The molecule has 0 unspecified atom stereocenters. The van der Waals surface area contributed by atoms with E-state index in [0.717, 1.165) is 18.2 Å². The fourth-order valence-electron chi connectivity index (χ4n) is 1.65. The first kappa shape index (κ1) is 18.4. The smallest absolute Gasteiger partial charge is 0.425 e. The van der Waals surface area contributed by atoms with Gasteiger partial charge in [0.05, 0.1) is 4.88 Å². The van der Waals surface area contributed by atoms with Crippen LogP contribution in [0.2, 0.25) is 0 Å². The van der Waals surface area contributed by atoms with E-state index >= 15 is 0 Å². The lowest BCUT2D eigenvalue weighted by Crippen LogP contribution is -2.00. The van der Waals surface area contributed by atoms with E-state index in [9.17, 15) is 18.3 Å². The van der Waals surface area contributed by atoms with E-state index in [1.54, 1.807) is 6.07 Å². The topological polar surface area (TPSA) is 66.1 Å². The second-order valence-corrected chi connectivity index (χ2v) is 6.38. The molecule has 24 heavy (non-hydrogen) atoms. The van der Waals surface area contributed by atoms with E-state index in [4.69, 9.17) is 33.2 Å². The highest BCUT2D eigenvalue weighted by Gasteiger charge is 2.33. The predicted octanol–water partition coefficient (Wildman–Crippen LogP) is 5.10. The number of thiophene rings is 1. The Hall–Kier alpha value is -1.95. The summed E-state index contributed by atoms with van der Waals surface area (Å²) in [5, 5.41) is 19.1. The zero-order valence-electron chi connectivity index (χ0n) is 11.6. The number of ether oxygens (including phenoxy) is 1. The molecule has 126 valence electrons. The Morgan fingerprint density at radius 1 is 1.42 bits per heavy atom. The molecule has 0 aliphatic heterocycles. The van der Waals surface area contributed by atoms with Crippen molar-refractivity contribution in [2.45, 2.75) is 6.18 Å². The van der Waals surface area contributed by atoms with E-state index in [2.05, 4.69) is 4.98 Å². The van der Waals surface area contributed by atoms with Gasteiger partial charge in [0.25, 0.3) is 0 Å². The van der Waals surface area contributed by atoms with Gasteiger partial charge in [-0.3, -0.25) is 0 Å². The van der Waals surface area contributed by atoms with Crippen molar-refractivity contribution in [2.75, 3.05) is 6.61 Å². The average molecular weight is 395 g/mol. The van der Waals surface area contributed by atoms with Crippen LogP contribution < -0.4 is 4.74 Å². The van der Waals surface area contributed by atoms with Crippen molar-refractivity contribution < 1.29 is 23.0 Å². The van der Waals surface area contributed by atoms with Crippen molar-refractivity contribution in [1.29, 1.82) is 5.26 Å². The summed E-state index contributed by atoms with van der Waals surface area (Å²) in [4.78, 5) is 3.15. The van der Waals surface area contributed by atoms with Gasteiger partial charge in [0.1, 0.15) is 33.3 Å². The van der Waals surface area contributed by atoms with Gasteiger partial charge in [-0.15, -0.1) is 11.3 Å². The summed E-state index contributed by atoms with van der Waals surface area (Å²) in [6, 6.07) is 4.92. The van der Waals surface area contributed by atoms with Crippen molar-refractivity contribution in [3.05, 3.63) is 39.2 Å². The largest absolute Gasteiger partial charge is 0.504 e. The number of nitrogens with zero attached hydrogens (tertiary/aromatic N) is 2. The molecule has 2 aromatic heterocycles. The van der Waals surface area contributed by atoms with Crippen LogP contribution in [-0.2, 0) is 6.18 Å².